The monoisotopic (exact) mass is 216 g/mol. The Morgan fingerprint density at radius 3 is 3.08 bits per heavy atom. The zero-order valence-electron chi connectivity index (χ0n) is 7.25. The van der Waals surface area contributed by atoms with E-state index in [0.29, 0.717) is 0 Å². The van der Waals surface area contributed by atoms with Crippen molar-refractivity contribution in [2.45, 2.75) is 5.92 Å². The molecule has 1 saturated heterocycles. The fraction of sp³-hybridized carbons (Fsp3) is 0.556. The first-order chi connectivity index (χ1) is 5.95. The molecule has 0 bridgehead atoms. The summed E-state index contributed by atoms with van der Waals surface area (Å²) in [4.78, 5) is 0. The van der Waals surface area contributed by atoms with Crippen LogP contribution in [0, 0.1) is 5.92 Å². The molecule has 1 aromatic heterocycles. The highest BCUT2D eigenvalue weighted by atomic mass is 35.5. The molecule has 1 aromatic rings. The molecule has 0 aliphatic carbocycles. The van der Waals surface area contributed by atoms with Crippen LogP contribution in [0.1, 0.15) is 11.5 Å². The first-order valence-electron chi connectivity index (χ1n) is 4.46. The van der Waals surface area contributed by atoms with Crippen molar-refractivity contribution in [3.63, 3.8) is 0 Å². The van der Waals surface area contributed by atoms with Crippen molar-refractivity contribution in [1.82, 2.24) is 5.32 Å². The largest absolute Gasteiger partial charge is 0.384 e. The van der Waals surface area contributed by atoms with Crippen molar-refractivity contribution in [2.75, 3.05) is 25.0 Å². The summed E-state index contributed by atoms with van der Waals surface area (Å²) in [5, 5.41) is 11.5. The molecule has 4 heteroatoms. The summed E-state index contributed by atoms with van der Waals surface area (Å²) in [5.41, 5.74) is 2.92. The summed E-state index contributed by atoms with van der Waals surface area (Å²) in [5.74, 6) is 1.61. The summed E-state index contributed by atoms with van der Waals surface area (Å²) >= 11 is 1.81. The summed E-state index contributed by atoms with van der Waals surface area (Å²) in [6, 6.07) is 0. The number of rotatable bonds is 0. The molecule has 0 saturated carbocycles. The lowest BCUT2D eigenvalue weighted by molar-refractivity contribution is 0.532. The Kier molecular flexibility index (Phi) is 2.49. The van der Waals surface area contributed by atoms with Crippen LogP contribution in [0.15, 0.2) is 10.8 Å². The van der Waals surface area contributed by atoms with E-state index in [9.17, 15) is 0 Å². The Balaban J connectivity index is 0.000000653. The van der Waals surface area contributed by atoms with Crippen LogP contribution in [0.4, 0.5) is 5.69 Å². The Labute approximate surface area is 88.1 Å². The standard InChI is InChI=1S/C9H12N2S.ClH/c1-6-2-11-9-5-12-4-8(9)7(6)3-10-1;/h4-7,10-11H,1-3H2;1H/t6-,7-;/m1./s1. The average Bonchev–Trinajstić information content (AvgIpc) is 2.71. The molecule has 0 aromatic carbocycles. The van der Waals surface area contributed by atoms with Gasteiger partial charge in [0, 0.05) is 36.6 Å². The van der Waals surface area contributed by atoms with Gasteiger partial charge in [-0.15, -0.1) is 23.7 Å². The van der Waals surface area contributed by atoms with E-state index < -0.39 is 0 Å². The quantitative estimate of drug-likeness (QED) is 0.692. The highest BCUT2D eigenvalue weighted by Crippen LogP contribution is 2.39. The van der Waals surface area contributed by atoms with E-state index in [4.69, 9.17) is 0 Å². The molecule has 72 valence electrons. The van der Waals surface area contributed by atoms with Gasteiger partial charge < -0.3 is 10.6 Å². The van der Waals surface area contributed by atoms with Crippen LogP contribution < -0.4 is 10.6 Å². The SMILES string of the molecule is Cl.c1scc2c1NC[C@H]1CNC[C@@H]21. The number of hydrogen-bond donors (Lipinski definition) is 2. The van der Waals surface area contributed by atoms with Crippen molar-refractivity contribution in [3.8, 4) is 0 Å². The summed E-state index contributed by atoms with van der Waals surface area (Å²) < 4.78 is 0. The Morgan fingerprint density at radius 1 is 1.23 bits per heavy atom. The molecule has 1 fully saturated rings. The lowest BCUT2D eigenvalue weighted by Gasteiger charge is -2.26. The van der Waals surface area contributed by atoms with Gasteiger partial charge in [-0.1, -0.05) is 0 Å². The van der Waals surface area contributed by atoms with E-state index in [-0.39, 0.29) is 12.4 Å². The molecule has 2 N–H and O–H groups in total. The smallest absolute Gasteiger partial charge is 0.0484 e. The number of thiophene rings is 1. The second-order valence-corrected chi connectivity index (χ2v) is 4.39. The van der Waals surface area contributed by atoms with E-state index in [0.717, 1.165) is 18.4 Å². The van der Waals surface area contributed by atoms with E-state index >= 15 is 0 Å². The molecule has 2 atom stereocenters. The van der Waals surface area contributed by atoms with Gasteiger partial charge in [0.05, 0.1) is 0 Å². The van der Waals surface area contributed by atoms with Crippen molar-refractivity contribution >= 4 is 29.4 Å². The van der Waals surface area contributed by atoms with Gasteiger partial charge in [-0.3, -0.25) is 0 Å². The lowest BCUT2D eigenvalue weighted by Crippen LogP contribution is -2.25. The maximum Gasteiger partial charge on any atom is 0.0484 e. The normalized spacial score (nSPS) is 29.8. The molecule has 13 heavy (non-hydrogen) atoms. The van der Waals surface area contributed by atoms with Gasteiger partial charge in [-0.25, -0.2) is 0 Å². The number of nitrogens with one attached hydrogen (secondary N) is 2. The Morgan fingerprint density at radius 2 is 2.15 bits per heavy atom. The molecule has 0 radical (unpaired) electrons. The second kappa shape index (κ2) is 3.48. The van der Waals surface area contributed by atoms with Crippen LogP contribution in [0.5, 0.6) is 0 Å². The van der Waals surface area contributed by atoms with E-state index in [2.05, 4.69) is 21.4 Å². The zero-order valence-corrected chi connectivity index (χ0v) is 8.88. The molecule has 0 unspecified atom stereocenters. The van der Waals surface area contributed by atoms with Crippen LogP contribution in [-0.2, 0) is 0 Å². The average molecular weight is 217 g/mol. The predicted octanol–water partition coefficient (Wildman–Crippen LogP) is 1.90. The summed E-state index contributed by atoms with van der Waals surface area (Å²) in [6.45, 7) is 3.52. The minimum absolute atomic E-state index is 0. The number of halogens is 1. The molecule has 0 amide bonds. The molecule has 2 aliphatic heterocycles. The Hall–Kier alpha value is -0.250. The van der Waals surface area contributed by atoms with Gasteiger partial charge in [0.2, 0.25) is 0 Å². The molecule has 2 aliphatic rings. The maximum absolute atomic E-state index is 3.48. The highest BCUT2D eigenvalue weighted by molar-refractivity contribution is 7.08. The van der Waals surface area contributed by atoms with Crippen molar-refractivity contribution in [3.05, 3.63) is 16.3 Å². The summed E-state index contributed by atoms with van der Waals surface area (Å²) in [7, 11) is 0. The van der Waals surface area contributed by atoms with Gasteiger partial charge in [0.15, 0.2) is 0 Å². The molecule has 3 rings (SSSR count). The molecular formula is C9H13ClN2S. The van der Waals surface area contributed by atoms with Crippen LogP contribution >= 0.6 is 23.7 Å². The third-order valence-corrected chi connectivity index (χ3v) is 3.75. The van der Waals surface area contributed by atoms with Gasteiger partial charge in [0.25, 0.3) is 0 Å². The van der Waals surface area contributed by atoms with Gasteiger partial charge in [-0.2, -0.15) is 0 Å². The predicted molar refractivity (Wildman–Crippen MR) is 59.2 cm³/mol. The third-order valence-electron chi connectivity index (χ3n) is 2.99. The van der Waals surface area contributed by atoms with Gasteiger partial charge in [0.1, 0.15) is 0 Å². The minimum atomic E-state index is 0. The van der Waals surface area contributed by atoms with Crippen LogP contribution in [0.3, 0.4) is 0 Å². The van der Waals surface area contributed by atoms with E-state index in [1.807, 2.05) is 11.3 Å². The fourth-order valence-electron chi connectivity index (χ4n) is 2.29. The Bertz CT molecular complexity index is 300. The lowest BCUT2D eigenvalue weighted by atomic mass is 9.87. The van der Waals surface area contributed by atoms with Crippen LogP contribution in [0.25, 0.3) is 0 Å². The number of anilines is 1. The zero-order chi connectivity index (χ0) is 7.97. The first kappa shape index (κ1) is 9.31. The highest BCUT2D eigenvalue weighted by Gasteiger charge is 2.33. The maximum atomic E-state index is 3.48. The topological polar surface area (TPSA) is 24.1 Å². The van der Waals surface area contributed by atoms with Crippen LogP contribution in [-0.4, -0.2) is 19.6 Å². The van der Waals surface area contributed by atoms with Crippen molar-refractivity contribution in [2.24, 2.45) is 5.92 Å². The van der Waals surface area contributed by atoms with Crippen molar-refractivity contribution in [1.29, 1.82) is 0 Å². The molecule has 0 spiro atoms. The first-order valence-corrected chi connectivity index (χ1v) is 5.40. The van der Waals surface area contributed by atoms with Crippen LogP contribution in [0.2, 0.25) is 0 Å². The fourth-order valence-corrected chi connectivity index (χ4v) is 3.16. The third kappa shape index (κ3) is 1.35. The molecule has 3 heterocycles. The second-order valence-electron chi connectivity index (χ2n) is 3.65. The van der Waals surface area contributed by atoms with E-state index in [1.54, 1.807) is 5.56 Å². The van der Waals surface area contributed by atoms with Gasteiger partial charge >= 0.3 is 0 Å². The molecule has 2 nitrogen and oxygen atoms in total. The van der Waals surface area contributed by atoms with Gasteiger partial charge in [-0.05, 0) is 16.9 Å². The summed E-state index contributed by atoms with van der Waals surface area (Å²) in [6.07, 6.45) is 0. The number of hydrogen-bond acceptors (Lipinski definition) is 3. The van der Waals surface area contributed by atoms with Crippen molar-refractivity contribution < 1.29 is 0 Å². The molecular weight excluding hydrogens is 204 g/mol. The number of fused-ring (bicyclic) bond motifs is 3. The van der Waals surface area contributed by atoms with E-state index in [1.165, 1.54) is 18.8 Å². The minimum Gasteiger partial charge on any atom is -0.384 e.